The van der Waals surface area contributed by atoms with Crippen LogP contribution in [0.25, 0.3) is 6.08 Å². The van der Waals surface area contributed by atoms with Crippen LogP contribution < -0.4 is 15.5 Å². The molecule has 4 aromatic carbocycles. The first-order valence-electron chi connectivity index (χ1n) is 11.9. The lowest BCUT2D eigenvalue weighted by Crippen LogP contribution is -2.18. The van der Waals surface area contributed by atoms with Gasteiger partial charge in [0.1, 0.15) is 5.75 Å². The number of amides is 2. The molecule has 0 bridgehead atoms. The van der Waals surface area contributed by atoms with Gasteiger partial charge in [-0.1, -0.05) is 59.6 Å². The zero-order chi connectivity index (χ0) is 27.6. The topological polar surface area (TPSA) is 96.9 Å². The molecule has 7 nitrogen and oxygen atoms in total. The molecule has 0 heterocycles. The number of ether oxygens (including phenoxy) is 1. The van der Waals surface area contributed by atoms with Crippen LogP contribution >= 0.6 is 11.6 Å². The molecule has 4 rings (SSSR count). The zero-order valence-corrected chi connectivity index (χ0v) is 21.7. The van der Waals surface area contributed by atoms with Crippen molar-refractivity contribution in [1.29, 1.82) is 0 Å². The number of halogens is 1. The Bertz CT molecular complexity index is 1560. The van der Waals surface area contributed by atoms with Gasteiger partial charge in [0.25, 0.3) is 11.8 Å². The van der Waals surface area contributed by atoms with Crippen LogP contribution in [0.5, 0.6) is 5.75 Å². The van der Waals surface area contributed by atoms with Crippen molar-refractivity contribution in [1.82, 2.24) is 5.43 Å². The van der Waals surface area contributed by atoms with Crippen molar-refractivity contribution >= 4 is 47.4 Å². The predicted molar refractivity (Wildman–Crippen MR) is 153 cm³/mol. The van der Waals surface area contributed by atoms with E-state index in [1.807, 2.05) is 19.1 Å². The lowest BCUT2D eigenvalue weighted by molar-refractivity contribution is -0.128. The molecule has 8 heteroatoms. The molecule has 0 aliphatic rings. The Labute approximate surface area is 230 Å². The number of carbonyl (C=O) groups excluding carboxylic acids is 3. The molecule has 0 fully saturated rings. The van der Waals surface area contributed by atoms with Gasteiger partial charge in [-0.05, 0) is 73.2 Å². The number of carbonyl (C=O) groups is 3. The fourth-order valence-corrected chi connectivity index (χ4v) is 3.64. The normalized spacial score (nSPS) is 10.9. The zero-order valence-electron chi connectivity index (χ0n) is 20.9. The molecular formula is C31H24ClN3O4. The Morgan fingerprint density at radius 1 is 0.821 bits per heavy atom. The Balaban J connectivity index is 1.36. The Morgan fingerprint density at radius 2 is 1.54 bits per heavy atom. The monoisotopic (exact) mass is 537 g/mol. The molecule has 194 valence electrons. The van der Waals surface area contributed by atoms with Crippen molar-refractivity contribution in [2.45, 2.75) is 6.92 Å². The van der Waals surface area contributed by atoms with E-state index in [-0.39, 0.29) is 11.7 Å². The van der Waals surface area contributed by atoms with Crippen LogP contribution in [0.1, 0.15) is 37.4 Å². The average molecular weight is 538 g/mol. The van der Waals surface area contributed by atoms with Crippen molar-refractivity contribution in [3.63, 3.8) is 0 Å². The van der Waals surface area contributed by atoms with Gasteiger partial charge < -0.3 is 10.1 Å². The van der Waals surface area contributed by atoms with E-state index in [2.05, 4.69) is 15.8 Å². The molecule has 2 N–H and O–H groups in total. The third-order valence-corrected chi connectivity index (χ3v) is 5.70. The second-order valence-electron chi connectivity index (χ2n) is 8.45. The van der Waals surface area contributed by atoms with E-state index in [1.54, 1.807) is 91.0 Å². The third-order valence-electron chi connectivity index (χ3n) is 5.44. The fraction of sp³-hybridized carbons (Fsp3) is 0.0323. The highest BCUT2D eigenvalue weighted by Crippen LogP contribution is 2.17. The second-order valence-corrected chi connectivity index (χ2v) is 8.88. The van der Waals surface area contributed by atoms with Crippen LogP contribution in [0.3, 0.4) is 0 Å². The summed E-state index contributed by atoms with van der Waals surface area (Å²) in [6, 6.07) is 27.6. The van der Waals surface area contributed by atoms with Crippen molar-refractivity contribution in [3.8, 4) is 5.75 Å². The highest BCUT2D eigenvalue weighted by Gasteiger charge is 2.10. The number of esters is 1. The van der Waals surface area contributed by atoms with Crippen LogP contribution in [-0.2, 0) is 4.79 Å². The number of hydrazone groups is 1. The quantitative estimate of drug-likeness (QED) is 0.0908. The summed E-state index contributed by atoms with van der Waals surface area (Å²) in [5.74, 6) is -1.04. The molecule has 0 radical (unpaired) electrons. The van der Waals surface area contributed by atoms with E-state index in [9.17, 15) is 14.4 Å². The average Bonchev–Trinajstić information content (AvgIpc) is 2.94. The number of rotatable bonds is 8. The maximum Gasteiger partial charge on any atom is 0.336 e. The van der Waals surface area contributed by atoms with Crippen LogP contribution in [0, 0.1) is 6.92 Å². The number of anilines is 1. The van der Waals surface area contributed by atoms with Crippen molar-refractivity contribution in [2.75, 3.05) is 5.32 Å². The Morgan fingerprint density at radius 3 is 2.31 bits per heavy atom. The molecular weight excluding hydrogens is 514 g/mol. The molecule has 39 heavy (non-hydrogen) atoms. The molecule has 0 atom stereocenters. The van der Waals surface area contributed by atoms with Gasteiger partial charge in [-0.15, -0.1) is 0 Å². The summed E-state index contributed by atoms with van der Waals surface area (Å²) >= 11 is 5.88. The first kappa shape index (κ1) is 27.0. The van der Waals surface area contributed by atoms with Crippen LogP contribution in [0.15, 0.2) is 108 Å². The lowest BCUT2D eigenvalue weighted by Gasteiger charge is -2.08. The number of benzene rings is 4. The SMILES string of the molecule is Cc1cccc(C(=O)Nc2cccc(C(=O)NN=Cc3ccccc3OC(=O)/C=C/c3ccc(Cl)cc3)c2)c1. The predicted octanol–water partition coefficient (Wildman–Crippen LogP) is 6.28. The summed E-state index contributed by atoms with van der Waals surface area (Å²) < 4.78 is 5.43. The van der Waals surface area contributed by atoms with Crippen molar-refractivity contribution in [3.05, 3.63) is 136 Å². The van der Waals surface area contributed by atoms with E-state index in [0.29, 0.717) is 27.4 Å². The van der Waals surface area contributed by atoms with Gasteiger partial charge in [0.15, 0.2) is 0 Å². The van der Waals surface area contributed by atoms with Gasteiger partial charge in [0, 0.05) is 33.5 Å². The van der Waals surface area contributed by atoms with Gasteiger partial charge in [-0.2, -0.15) is 5.10 Å². The van der Waals surface area contributed by atoms with E-state index < -0.39 is 11.9 Å². The number of nitrogens with zero attached hydrogens (tertiary/aromatic N) is 1. The molecule has 0 saturated heterocycles. The fourth-order valence-electron chi connectivity index (χ4n) is 3.51. The molecule has 0 aromatic heterocycles. The van der Waals surface area contributed by atoms with Gasteiger partial charge in [0.05, 0.1) is 6.21 Å². The Hall–Kier alpha value is -5.01. The molecule has 4 aromatic rings. The molecule has 0 saturated carbocycles. The molecule has 0 aliphatic heterocycles. The summed E-state index contributed by atoms with van der Waals surface area (Å²) in [5, 5.41) is 7.40. The van der Waals surface area contributed by atoms with E-state index >= 15 is 0 Å². The van der Waals surface area contributed by atoms with Crippen molar-refractivity contribution in [2.24, 2.45) is 5.10 Å². The molecule has 0 aliphatic carbocycles. The Kier molecular flexibility index (Phi) is 9.00. The second kappa shape index (κ2) is 13.0. The summed E-state index contributed by atoms with van der Waals surface area (Å²) in [4.78, 5) is 37.5. The van der Waals surface area contributed by atoms with E-state index in [1.165, 1.54) is 12.3 Å². The van der Waals surface area contributed by atoms with Gasteiger partial charge >= 0.3 is 5.97 Å². The number of hydrogen-bond donors (Lipinski definition) is 2. The lowest BCUT2D eigenvalue weighted by atomic mass is 10.1. The highest BCUT2D eigenvalue weighted by atomic mass is 35.5. The number of nitrogens with one attached hydrogen (secondary N) is 2. The van der Waals surface area contributed by atoms with Crippen LogP contribution in [-0.4, -0.2) is 24.0 Å². The van der Waals surface area contributed by atoms with Gasteiger partial charge in [0.2, 0.25) is 0 Å². The van der Waals surface area contributed by atoms with Crippen molar-refractivity contribution < 1.29 is 19.1 Å². The molecule has 2 amide bonds. The summed E-state index contributed by atoms with van der Waals surface area (Å²) in [7, 11) is 0. The summed E-state index contributed by atoms with van der Waals surface area (Å²) in [6.07, 6.45) is 4.31. The number of para-hydroxylation sites is 1. The number of aryl methyl sites for hydroxylation is 1. The van der Waals surface area contributed by atoms with Crippen LogP contribution in [0.4, 0.5) is 5.69 Å². The van der Waals surface area contributed by atoms with Gasteiger partial charge in [-0.3, -0.25) is 9.59 Å². The summed E-state index contributed by atoms with van der Waals surface area (Å²) in [5.41, 5.74) is 6.02. The maximum absolute atomic E-state index is 12.7. The first-order valence-corrected chi connectivity index (χ1v) is 12.3. The highest BCUT2D eigenvalue weighted by molar-refractivity contribution is 6.30. The van der Waals surface area contributed by atoms with Gasteiger partial charge in [-0.25, -0.2) is 10.2 Å². The third kappa shape index (κ3) is 7.99. The number of hydrogen-bond acceptors (Lipinski definition) is 5. The summed E-state index contributed by atoms with van der Waals surface area (Å²) in [6.45, 7) is 1.91. The minimum absolute atomic E-state index is 0.275. The minimum atomic E-state index is -0.570. The molecule has 0 unspecified atom stereocenters. The molecule has 0 spiro atoms. The maximum atomic E-state index is 12.7. The smallest absolute Gasteiger partial charge is 0.336 e. The largest absolute Gasteiger partial charge is 0.423 e. The van der Waals surface area contributed by atoms with E-state index in [4.69, 9.17) is 16.3 Å². The van der Waals surface area contributed by atoms with Crippen LogP contribution in [0.2, 0.25) is 5.02 Å². The standard InChI is InChI=1S/C31H24ClN3O4/c1-21-6-4-8-23(18-21)30(37)34-27-10-5-9-24(19-27)31(38)35-33-20-25-7-2-3-11-28(25)39-29(36)17-14-22-12-15-26(32)16-13-22/h2-20H,1H3,(H,34,37)(H,35,38)/b17-14+,33-20?. The van der Waals surface area contributed by atoms with E-state index in [0.717, 1.165) is 11.1 Å². The minimum Gasteiger partial charge on any atom is -0.423 e. The first-order chi connectivity index (χ1) is 18.9.